The number of para-hydroxylation sites is 1. The van der Waals surface area contributed by atoms with Crippen LogP contribution in [-0.4, -0.2) is 65.5 Å². The van der Waals surface area contributed by atoms with Crippen LogP contribution in [-0.2, 0) is 22.5 Å². The third-order valence-corrected chi connectivity index (χ3v) is 6.29. The van der Waals surface area contributed by atoms with E-state index >= 15 is 0 Å². The van der Waals surface area contributed by atoms with Crippen LogP contribution in [0.1, 0.15) is 43.0 Å². The molecule has 3 heterocycles. The van der Waals surface area contributed by atoms with E-state index in [1.54, 1.807) is 7.11 Å². The first-order valence-corrected chi connectivity index (χ1v) is 11.5. The van der Waals surface area contributed by atoms with Crippen molar-refractivity contribution in [2.24, 2.45) is 5.92 Å². The van der Waals surface area contributed by atoms with Gasteiger partial charge >= 0.3 is 0 Å². The first-order chi connectivity index (χ1) is 15.7. The summed E-state index contributed by atoms with van der Waals surface area (Å²) in [5, 5.41) is 12.0. The van der Waals surface area contributed by atoms with E-state index in [1.807, 2.05) is 25.1 Å². The summed E-state index contributed by atoms with van der Waals surface area (Å²) in [5.41, 5.74) is 1.08. The molecule has 0 spiro atoms. The van der Waals surface area contributed by atoms with Crippen LogP contribution in [0.5, 0.6) is 5.75 Å². The lowest BCUT2D eigenvalue weighted by atomic mass is 9.99. The number of aromatic nitrogens is 3. The zero-order chi connectivity index (χ0) is 22.3. The molecule has 1 unspecified atom stereocenters. The number of nitrogens with zero attached hydrogens (tertiary/aromatic N) is 4. The maximum atomic E-state index is 12.6. The first-order valence-electron chi connectivity index (χ1n) is 11.5. The van der Waals surface area contributed by atoms with Crippen LogP contribution in [0, 0.1) is 5.92 Å². The zero-order valence-electron chi connectivity index (χ0n) is 19.0. The Bertz CT molecular complexity index is 935. The predicted molar refractivity (Wildman–Crippen MR) is 122 cm³/mol. The van der Waals surface area contributed by atoms with Gasteiger partial charge in [-0.1, -0.05) is 30.4 Å². The quantitative estimate of drug-likeness (QED) is 0.714. The first kappa shape index (κ1) is 22.5. The Morgan fingerprint density at radius 1 is 1.25 bits per heavy atom. The number of hydrogen-bond donors (Lipinski definition) is 1. The standard InChI is InChI=1S/C24H33N5O3/c1-18(25-24(30)20-10-16-32-17-11-20)23-27-26-22-9-13-28(14-15-29(22)23)12-5-7-19-6-3-4-8-21(19)31-2/h3-8,18,20H,9-17H2,1-2H3,(H,25,30)/b7-5+. The smallest absolute Gasteiger partial charge is 0.223 e. The monoisotopic (exact) mass is 439 g/mol. The molecule has 1 atom stereocenters. The average Bonchev–Trinajstić information content (AvgIpc) is 3.13. The van der Waals surface area contributed by atoms with Crippen LogP contribution in [0.15, 0.2) is 30.3 Å². The minimum Gasteiger partial charge on any atom is -0.496 e. The number of carbonyl (C=O) groups is 1. The summed E-state index contributed by atoms with van der Waals surface area (Å²) in [4.78, 5) is 15.0. The third kappa shape index (κ3) is 5.37. The minimum absolute atomic E-state index is 0.0308. The van der Waals surface area contributed by atoms with Crippen molar-refractivity contribution in [1.82, 2.24) is 25.0 Å². The summed E-state index contributed by atoms with van der Waals surface area (Å²) < 4.78 is 13.0. The molecule has 8 heteroatoms. The second-order valence-electron chi connectivity index (χ2n) is 8.44. The van der Waals surface area contributed by atoms with E-state index in [-0.39, 0.29) is 17.9 Å². The van der Waals surface area contributed by atoms with Crippen molar-refractivity contribution >= 4 is 12.0 Å². The second kappa shape index (κ2) is 10.7. The van der Waals surface area contributed by atoms with E-state index in [0.717, 1.165) is 68.4 Å². The molecule has 0 bridgehead atoms. The van der Waals surface area contributed by atoms with Crippen molar-refractivity contribution in [2.75, 3.05) is 40.0 Å². The fourth-order valence-corrected chi connectivity index (χ4v) is 4.38. The third-order valence-electron chi connectivity index (χ3n) is 6.29. The molecular formula is C24H33N5O3. The van der Waals surface area contributed by atoms with Crippen molar-refractivity contribution in [3.8, 4) is 5.75 Å². The van der Waals surface area contributed by atoms with Gasteiger partial charge in [0.05, 0.1) is 13.2 Å². The predicted octanol–water partition coefficient (Wildman–Crippen LogP) is 2.46. The van der Waals surface area contributed by atoms with Gasteiger partial charge in [0.15, 0.2) is 5.82 Å². The molecule has 1 saturated heterocycles. The number of rotatable bonds is 7. The minimum atomic E-state index is -0.163. The van der Waals surface area contributed by atoms with E-state index in [4.69, 9.17) is 9.47 Å². The largest absolute Gasteiger partial charge is 0.496 e. The fraction of sp³-hybridized carbons (Fsp3) is 0.542. The van der Waals surface area contributed by atoms with Crippen molar-refractivity contribution < 1.29 is 14.3 Å². The Balaban J connectivity index is 1.33. The highest BCUT2D eigenvalue weighted by molar-refractivity contribution is 5.79. The van der Waals surface area contributed by atoms with E-state index in [0.29, 0.717) is 13.2 Å². The maximum Gasteiger partial charge on any atom is 0.223 e. The highest BCUT2D eigenvalue weighted by Crippen LogP contribution is 2.20. The van der Waals surface area contributed by atoms with Crippen LogP contribution in [0.3, 0.4) is 0 Å². The van der Waals surface area contributed by atoms with Crippen LogP contribution < -0.4 is 10.1 Å². The summed E-state index contributed by atoms with van der Waals surface area (Å²) >= 11 is 0. The highest BCUT2D eigenvalue weighted by atomic mass is 16.5. The summed E-state index contributed by atoms with van der Waals surface area (Å²) in [6, 6.07) is 7.86. The van der Waals surface area contributed by atoms with Gasteiger partial charge in [-0.25, -0.2) is 0 Å². The van der Waals surface area contributed by atoms with Gasteiger partial charge in [0, 0.05) is 57.3 Å². The van der Waals surface area contributed by atoms with Gasteiger partial charge in [0.2, 0.25) is 5.91 Å². The molecule has 1 N–H and O–H groups in total. The molecular weight excluding hydrogens is 406 g/mol. The molecule has 4 rings (SSSR count). The molecule has 8 nitrogen and oxygen atoms in total. The molecule has 0 aliphatic carbocycles. The Hall–Kier alpha value is -2.71. The lowest BCUT2D eigenvalue weighted by molar-refractivity contribution is -0.128. The van der Waals surface area contributed by atoms with E-state index < -0.39 is 0 Å². The van der Waals surface area contributed by atoms with Crippen LogP contribution in [0.2, 0.25) is 0 Å². The molecule has 2 aromatic rings. The average molecular weight is 440 g/mol. The number of benzene rings is 1. The molecule has 32 heavy (non-hydrogen) atoms. The van der Waals surface area contributed by atoms with Gasteiger partial charge in [-0.05, 0) is 25.8 Å². The SMILES string of the molecule is COc1ccccc1/C=C/CN1CCc2nnc(C(C)NC(=O)C3CCOCC3)n2CC1. The molecule has 1 aromatic heterocycles. The Morgan fingerprint density at radius 3 is 2.88 bits per heavy atom. The van der Waals surface area contributed by atoms with Gasteiger partial charge < -0.3 is 19.4 Å². The summed E-state index contributed by atoms with van der Waals surface area (Å²) in [6.07, 6.45) is 6.71. The van der Waals surface area contributed by atoms with Crippen molar-refractivity contribution in [2.45, 2.75) is 38.8 Å². The van der Waals surface area contributed by atoms with Gasteiger partial charge in [-0.3, -0.25) is 9.69 Å². The Labute approximate surface area is 189 Å². The number of hydrogen-bond acceptors (Lipinski definition) is 6. The molecule has 1 amide bonds. The van der Waals surface area contributed by atoms with Gasteiger partial charge in [0.1, 0.15) is 11.6 Å². The summed E-state index contributed by atoms with van der Waals surface area (Å²) in [5.74, 6) is 2.83. The second-order valence-corrected chi connectivity index (χ2v) is 8.44. The Morgan fingerprint density at radius 2 is 2.06 bits per heavy atom. The van der Waals surface area contributed by atoms with E-state index in [2.05, 4.69) is 43.2 Å². The van der Waals surface area contributed by atoms with Gasteiger partial charge in [-0.15, -0.1) is 10.2 Å². The fourth-order valence-electron chi connectivity index (χ4n) is 4.38. The highest BCUT2D eigenvalue weighted by Gasteiger charge is 2.26. The van der Waals surface area contributed by atoms with Crippen molar-refractivity contribution in [3.05, 3.63) is 47.6 Å². The summed E-state index contributed by atoms with van der Waals surface area (Å²) in [6.45, 7) is 6.83. The van der Waals surface area contributed by atoms with Crippen molar-refractivity contribution in [3.63, 3.8) is 0 Å². The van der Waals surface area contributed by atoms with Gasteiger partial charge in [0.25, 0.3) is 0 Å². The van der Waals surface area contributed by atoms with Crippen molar-refractivity contribution in [1.29, 1.82) is 0 Å². The maximum absolute atomic E-state index is 12.6. The number of fused-ring (bicyclic) bond motifs is 1. The van der Waals surface area contributed by atoms with Crippen LogP contribution >= 0.6 is 0 Å². The Kier molecular flexibility index (Phi) is 7.55. The number of carbonyl (C=O) groups excluding carboxylic acids is 1. The van der Waals surface area contributed by atoms with Crippen LogP contribution in [0.4, 0.5) is 0 Å². The molecule has 172 valence electrons. The number of amides is 1. The van der Waals surface area contributed by atoms with E-state index in [9.17, 15) is 4.79 Å². The van der Waals surface area contributed by atoms with E-state index in [1.165, 1.54) is 0 Å². The normalized spacial score (nSPS) is 18.8. The molecule has 0 saturated carbocycles. The number of methoxy groups -OCH3 is 1. The number of nitrogens with one attached hydrogen (secondary N) is 1. The number of ether oxygens (including phenoxy) is 2. The van der Waals surface area contributed by atoms with Crippen LogP contribution in [0.25, 0.3) is 6.08 Å². The zero-order valence-corrected chi connectivity index (χ0v) is 19.0. The lowest BCUT2D eigenvalue weighted by Gasteiger charge is -2.23. The topological polar surface area (TPSA) is 81.5 Å². The molecule has 2 aliphatic rings. The summed E-state index contributed by atoms with van der Waals surface area (Å²) in [7, 11) is 1.70. The molecule has 1 aromatic carbocycles. The molecule has 2 aliphatic heterocycles. The molecule has 1 fully saturated rings. The molecule has 0 radical (unpaired) electrons. The lowest BCUT2D eigenvalue weighted by Crippen LogP contribution is -2.36. The van der Waals surface area contributed by atoms with Gasteiger partial charge in [-0.2, -0.15) is 0 Å².